The molecule has 0 aliphatic rings. The maximum atomic E-state index is 12.6. The molecular weight excluding hydrogens is 374 g/mol. The fourth-order valence-electron chi connectivity index (χ4n) is 2.84. The molecule has 1 amide bonds. The van der Waals surface area contributed by atoms with Gasteiger partial charge in [-0.3, -0.25) is 9.59 Å². The minimum absolute atomic E-state index is 0.0686. The molecule has 0 aliphatic heterocycles. The van der Waals surface area contributed by atoms with E-state index in [9.17, 15) is 19.5 Å². The van der Waals surface area contributed by atoms with Crippen molar-refractivity contribution in [3.05, 3.63) is 75.5 Å². The van der Waals surface area contributed by atoms with Gasteiger partial charge in [0.15, 0.2) is 11.6 Å². The number of hydrogen-bond acceptors (Lipinski definition) is 6. The van der Waals surface area contributed by atoms with E-state index < -0.39 is 23.5 Å². The highest BCUT2D eigenvalue weighted by Crippen LogP contribution is 2.19. The number of carbonyl (C=O) groups excluding carboxylic acids is 1. The zero-order valence-corrected chi connectivity index (χ0v) is 15.8. The smallest absolute Gasteiger partial charge is 0.335 e. The van der Waals surface area contributed by atoms with Gasteiger partial charge in [-0.05, 0) is 36.6 Å². The van der Waals surface area contributed by atoms with Crippen molar-refractivity contribution in [1.29, 1.82) is 0 Å². The van der Waals surface area contributed by atoms with Gasteiger partial charge in [0.1, 0.15) is 5.69 Å². The van der Waals surface area contributed by atoms with Crippen LogP contribution in [0.2, 0.25) is 0 Å². The molecule has 148 valence electrons. The summed E-state index contributed by atoms with van der Waals surface area (Å²) in [5.74, 6) is -1.24. The Balaban J connectivity index is 1.84. The van der Waals surface area contributed by atoms with Crippen LogP contribution >= 0.6 is 0 Å². The monoisotopic (exact) mass is 393 g/mol. The average Bonchev–Trinajstić information content (AvgIpc) is 2.73. The zero-order valence-electron chi connectivity index (χ0n) is 15.8. The topological polar surface area (TPSA) is 138 Å². The van der Waals surface area contributed by atoms with Crippen molar-refractivity contribution < 1.29 is 14.7 Å². The highest BCUT2D eigenvalue weighted by Gasteiger charge is 2.17. The zero-order chi connectivity index (χ0) is 21.0. The molecule has 9 nitrogen and oxygen atoms in total. The van der Waals surface area contributed by atoms with E-state index in [1.807, 2.05) is 6.92 Å². The van der Waals surface area contributed by atoms with E-state index in [0.29, 0.717) is 12.0 Å². The number of aromatic amines is 1. The lowest BCUT2D eigenvalue weighted by atomic mass is 9.98. The van der Waals surface area contributed by atoms with Crippen molar-refractivity contribution in [3.63, 3.8) is 0 Å². The van der Waals surface area contributed by atoms with Crippen molar-refractivity contribution >= 4 is 11.9 Å². The second-order valence-electron chi connectivity index (χ2n) is 6.32. The van der Waals surface area contributed by atoms with Crippen LogP contribution in [0, 0.1) is 0 Å². The van der Waals surface area contributed by atoms with Crippen molar-refractivity contribution in [1.82, 2.24) is 25.3 Å². The fraction of sp³-hybridized carbons (Fsp3) is 0.200. The van der Waals surface area contributed by atoms with Gasteiger partial charge in [0.25, 0.3) is 11.5 Å². The van der Waals surface area contributed by atoms with E-state index in [0.717, 1.165) is 11.6 Å². The molecule has 1 aromatic carbocycles. The number of H-pyrrole nitrogens is 1. The van der Waals surface area contributed by atoms with E-state index >= 15 is 0 Å². The molecule has 0 spiro atoms. The largest absolute Gasteiger partial charge is 0.478 e. The first-order chi connectivity index (χ1) is 13.9. The summed E-state index contributed by atoms with van der Waals surface area (Å²) in [6.45, 7) is 3.63. The molecule has 0 aliphatic carbocycles. The van der Waals surface area contributed by atoms with Gasteiger partial charge < -0.3 is 15.4 Å². The first-order valence-electron chi connectivity index (χ1n) is 8.94. The Morgan fingerprint density at radius 1 is 1.21 bits per heavy atom. The SMILES string of the molecule is CCc1cc([C@H](C)NC(=O)c2cc(=O)[nH]c(-c3ncccn3)n2)ccc1C(=O)O. The van der Waals surface area contributed by atoms with Crippen LogP contribution < -0.4 is 10.9 Å². The van der Waals surface area contributed by atoms with Crippen LogP contribution in [0.15, 0.2) is 47.5 Å². The predicted molar refractivity (Wildman–Crippen MR) is 105 cm³/mol. The molecule has 0 radical (unpaired) electrons. The van der Waals surface area contributed by atoms with Crippen molar-refractivity contribution in [2.45, 2.75) is 26.3 Å². The van der Waals surface area contributed by atoms with Crippen LogP contribution in [-0.2, 0) is 6.42 Å². The lowest BCUT2D eigenvalue weighted by Gasteiger charge is -2.16. The molecule has 0 saturated carbocycles. The van der Waals surface area contributed by atoms with Crippen molar-refractivity contribution in [3.8, 4) is 11.6 Å². The summed E-state index contributed by atoms with van der Waals surface area (Å²) >= 11 is 0. The highest BCUT2D eigenvalue weighted by atomic mass is 16.4. The van der Waals surface area contributed by atoms with Gasteiger partial charge in [0, 0.05) is 18.5 Å². The Bertz CT molecular complexity index is 1110. The molecule has 9 heteroatoms. The number of hydrogen-bond donors (Lipinski definition) is 3. The van der Waals surface area contributed by atoms with Gasteiger partial charge >= 0.3 is 5.97 Å². The normalized spacial score (nSPS) is 11.7. The highest BCUT2D eigenvalue weighted by molar-refractivity contribution is 5.93. The van der Waals surface area contributed by atoms with Crippen LogP contribution in [0.3, 0.4) is 0 Å². The number of benzene rings is 1. The van der Waals surface area contributed by atoms with E-state index in [4.69, 9.17) is 0 Å². The Morgan fingerprint density at radius 3 is 2.59 bits per heavy atom. The average molecular weight is 393 g/mol. The molecule has 0 bridgehead atoms. The number of aryl methyl sites for hydroxylation is 1. The van der Waals surface area contributed by atoms with Crippen LogP contribution in [0.25, 0.3) is 11.6 Å². The summed E-state index contributed by atoms with van der Waals surface area (Å²) in [5, 5.41) is 12.0. The summed E-state index contributed by atoms with van der Waals surface area (Å²) in [6.07, 6.45) is 3.55. The molecule has 0 saturated heterocycles. The summed E-state index contributed by atoms with van der Waals surface area (Å²) in [7, 11) is 0. The standard InChI is InChI=1S/C20H19N5O4/c1-3-12-9-13(5-6-14(12)20(28)29)11(2)23-19(27)15-10-16(26)25-18(24-15)17-21-7-4-8-22-17/h4-11H,3H2,1-2H3,(H,23,27)(H,28,29)(H,24,25,26)/t11-/m0/s1. The second kappa shape index (κ2) is 8.42. The van der Waals surface area contributed by atoms with E-state index in [2.05, 4.69) is 25.3 Å². The number of amides is 1. The number of carbonyl (C=O) groups is 2. The fourth-order valence-corrected chi connectivity index (χ4v) is 2.84. The van der Waals surface area contributed by atoms with Gasteiger partial charge in [-0.1, -0.05) is 19.1 Å². The Hall–Kier alpha value is -3.88. The number of nitrogens with zero attached hydrogens (tertiary/aromatic N) is 3. The van der Waals surface area contributed by atoms with Gasteiger partial charge in [-0.2, -0.15) is 0 Å². The molecular formula is C20H19N5O4. The van der Waals surface area contributed by atoms with Crippen LogP contribution in [0.1, 0.15) is 51.9 Å². The molecule has 3 rings (SSSR count). The molecule has 3 aromatic rings. The molecule has 29 heavy (non-hydrogen) atoms. The third kappa shape index (κ3) is 4.52. The summed E-state index contributed by atoms with van der Waals surface area (Å²) in [6, 6.07) is 7.23. The van der Waals surface area contributed by atoms with E-state index in [-0.39, 0.29) is 22.9 Å². The maximum Gasteiger partial charge on any atom is 0.335 e. The summed E-state index contributed by atoms with van der Waals surface area (Å²) in [5.41, 5.74) is 1.09. The third-order valence-corrected chi connectivity index (χ3v) is 4.34. The van der Waals surface area contributed by atoms with Crippen molar-refractivity contribution in [2.24, 2.45) is 0 Å². The van der Waals surface area contributed by atoms with Crippen LogP contribution in [-0.4, -0.2) is 36.9 Å². The predicted octanol–water partition coefficient (Wildman–Crippen LogP) is 1.98. The maximum absolute atomic E-state index is 12.6. The minimum Gasteiger partial charge on any atom is -0.478 e. The van der Waals surface area contributed by atoms with E-state index in [1.165, 1.54) is 18.5 Å². The number of nitrogens with one attached hydrogen (secondary N) is 2. The molecule has 3 N–H and O–H groups in total. The number of carboxylic acid groups (broad SMARTS) is 1. The first-order valence-corrected chi connectivity index (χ1v) is 8.94. The van der Waals surface area contributed by atoms with Gasteiger partial charge in [-0.25, -0.2) is 19.7 Å². The van der Waals surface area contributed by atoms with Gasteiger partial charge in [0.2, 0.25) is 0 Å². The number of aromatic nitrogens is 4. The quantitative estimate of drug-likeness (QED) is 0.582. The Labute approximate surface area is 165 Å². The van der Waals surface area contributed by atoms with Gasteiger partial charge in [0.05, 0.1) is 11.6 Å². The number of rotatable bonds is 6. The Morgan fingerprint density at radius 2 is 1.93 bits per heavy atom. The molecule has 1 atom stereocenters. The molecule has 2 heterocycles. The molecule has 2 aromatic heterocycles. The lowest BCUT2D eigenvalue weighted by molar-refractivity contribution is 0.0695. The van der Waals surface area contributed by atoms with Crippen LogP contribution in [0.5, 0.6) is 0 Å². The molecule has 0 unspecified atom stereocenters. The van der Waals surface area contributed by atoms with Crippen molar-refractivity contribution in [2.75, 3.05) is 0 Å². The lowest BCUT2D eigenvalue weighted by Crippen LogP contribution is -2.29. The van der Waals surface area contributed by atoms with Crippen LogP contribution in [0.4, 0.5) is 0 Å². The van der Waals surface area contributed by atoms with E-state index in [1.54, 1.807) is 25.1 Å². The second-order valence-corrected chi connectivity index (χ2v) is 6.32. The minimum atomic E-state index is -0.992. The van der Waals surface area contributed by atoms with Gasteiger partial charge in [-0.15, -0.1) is 0 Å². The third-order valence-electron chi connectivity index (χ3n) is 4.34. The number of carboxylic acids is 1. The number of aromatic carboxylic acids is 1. The molecule has 0 fully saturated rings. The summed E-state index contributed by atoms with van der Waals surface area (Å²) < 4.78 is 0. The first kappa shape index (κ1) is 19.9. The summed E-state index contributed by atoms with van der Waals surface area (Å²) in [4.78, 5) is 50.6. The Kier molecular flexibility index (Phi) is 5.77.